The molecule has 15 heavy (non-hydrogen) atoms. The largest absolute Gasteiger partial charge is 0.469 e. The second-order valence-corrected chi connectivity index (χ2v) is 3.47. The molecule has 0 atom stereocenters. The van der Waals surface area contributed by atoms with Gasteiger partial charge in [-0.1, -0.05) is 0 Å². The van der Waals surface area contributed by atoms with Crippen molar-refractivity contribution in [2.75, 3.05) is 34.3 Å². The summed E-state index contributed by atoms with van der Waals surface area (Å²) >= 11 is 0. The summed E-state index contributed by atoms with van der Waals surface area (Å²) in [7, 11) is 4.85. The highest BCUT2D eigenvalue weighted by Gasteiger charge is 2.02. The fourth-order valence-corrected chi connectivity index (χ4v) is 1.00. The van der Waals surface area contributed by atoms with Crippen molar-refractivity contribution in [2.45, 2.75) is 19.3 Å². The van der Waals surface area contributed by atoms with E-state index >= 15 is 0 Å². The zero-order valence-corrected chi connectivity index (χ0v) is 9.71. The van der Waals surface area contributed by atoms with E-state index < -0.39 is 0 Å². The van der Waals surface area contributed by atoms with Crippen LogP contribution in [0.2, 0.25) is 0 Å². The topological polar surface area (TPSA) is 58.6 Å². The molecule has 0 radical (unpaired) electrons. The van der Waals surface area contributed by atoms with Crippen molar-refractivity contribution in [2.24, 2.45) is 0 Å². The second-order valence-electron chi connectivity index (χ2n) is 3.47. The highest BCUT2D eigenvalue weighted by atomic mass is 16.5. The molecule has 0 aromatic rings. The lowest BCUT2D eigenvalue weighted by Gasteiger charge is -2.10. The molecule has 0 aromatic heterocycles. The molecule has 1 N–H and O–H groups in total. The Morgan fingerprint density at radius 2 is 1.87 bits per heavy atom. The van der Waals surface area contributed by atoms with Crippen LogP contribution in [-0.4, -0.2) is 51.1 Å². The number of carbonyl (C=O) groups is 2. The minimum Gasteiger partial charge on any atom is -0.469 e. The van der Waals surface area contributed by atoms with Crippen molar-refractivity contribution in [3.05, 3.63) is 0 Å². The SMILES string of the molecule is COC(=O)CCCNCCC(=O)N(C)C. The van der Waals surface area contributed by atoms with Crippen molar-refractivity contribution in [3.63, 3.8) is 0 Å². The first-order valence-corrected chi connectivity index (χ1v) is 5.05. The highest BCUT2D eigenvalue weighted by Crippen LogP contribution is 1.90. The highest BCUT2D eigenvalue weighted by molar-refractivity contribution is 5.75. The molecule has 0 saturated carbocycles. The number of hydrogen-bond donors (Lipinski definition) is 1. The Labute approximate surface area is 90.8 Å². The summed E-state index contributed by atoms with van der Waals surface area (Å²) in [4.78, 5) is 23.4. The van der Waals surface area contributed by atoms with Crippen LogP contribution in [0.25, 0.3) is 0 Å². The first kappa shape index (κ1) is 13.9. The molecular formula is C10H20N2O3. The quantitative estimate of drug-likeness (QED) is 0.481. The Balaban J connectivity index is 3.25. The summed E-state index contributed by atoms with van der Waals surface area (Å²) in [6.07, 6.45) is 1.65. The Kier molecular flexibility index (Phi) is 7.62. The summed E-state index contributed by atoms with van der Waals surface area (Å²) < 4.78 is 4.50. The van der Waals surface area contributed by atoms with Gasteiger partial charge in [-0.2, -0.15) is 0 Å². The molecule has 0 unspecified atom stereocenters. The van der Waals surface area contributed by atoms with Crippen molar-refractivity contribution in [3.8, 4) is 0 Å². The van der Waals surface area contributed by atoms with Gasteiger partial charge in [0.05, 0.1) is 7.11 Å². The van der Waals surface area contributed by atoms with Crippen molar-refractivity contribution >= 4 is 11.9 Å². The van der Waals surface area contributed by atoms with Crippen LogP contribution in [0.3, 0.4) is 0 Å². The Morgan fingerprint density at radius 1 is 1.20 bits per heavy atom. The average Bonchev–Trinajstić information content (AvgIpc) is 2.22. The lowest BCUT2D eigenvalue weighted by molar-refractivity contribution is -0.140. The molecule has 88 valence electrons. The molecule has 5 nitrogen and oxygen atoms in total. The summed E-state index contributed by atoms with van der Waals surface area (Å²) in [5.41, 5.74) is 0. The lowest BCUT2D eigenvalue weighted by Crippen LogP contribution is -2.27. The number of ether oxygens (including phenoxy) is 1. The van der Waals surface area contributed by atoms with E-state index in [4.69, 9.17) is 0 Å². The van der Waals surface area contributed by atoms with Crippen LogP contribution < -0.4 is 5.32 Å². The molecular weight excluding hydrogens is 196 g/mol. The van der Waals surface area contributed by atoms with Crippen molar-refractivity contribution in [1.29, 1.82) is 0 Å². The minimum absolute atomic E-state index is 0.107. The smallest absolute Gasteiger partial charge is 0.305 e. The van der Waals surface area contributed by atoms with Gasteiger partial charge in [0.1, 0.15) is 0 Å². The fraction of sp³-hybridized carbons (Fsp3) is 0.800. The van der Waals surface area contributed by atoms with Crippen LogP contribution in [0.4, 0.5) is 0 Å². The third-order valence-electron chi connectivity index (χ3n) is 1.98. The third-order valence-corrected chi connectivity index (χ3v) is 1.98. The normalized spacial score (nSPS) is 9.80. The summed E-state index contributed by atoms with van der Waals surface area (Å²) in [5, 5.41) is 3.10. The molecule has 0 aliphatic heterocycles. The second kappa shape index (κ2) is 8.23. The number of esters is 1. The molecule has 0 spiro atoms. The van der Waals surface area contributed by atoms with Gasteiger partial charge < -0.3 is 15.0 Å². The third kappa shape index (κ3) is 7.93. The van der Waals surface area contributed by atoms with E-state index in [-0.39, 0.29) is 11.9 Å². The van der Waals surface area contributed by atoms with E-state index in [1.54, 1.807) is 19.0 Å². The monoisotopic (exact) mass is 216 g/mol. The number of carbonyl (C=O) groups excluding carboxylic acids is 2. The molecule has 0 heterocycles. The van der Waals surface area contributed by atoms with Crippen LogP contribution in [0.5, 0.6) is 0 Å². The average molecular weight is 216 g/mol. The summed E-state index contributed by atoms with van der Waals surface area (Å²) in [5.74, 6) is -0.0864. The molecule has 0 saturated heterocycles. The van der Waals surface area contributed by atoms with E-state index in [2.05, 4.69) is 10.1 Å². The van der Waals surface area contributed by atoms with E-state index in [0.29, 0.717) is 19.4 Å². The molecule has 0 aliphatic rings. The van der Waals surface area contributed by atoms with Crippen LogP contribution in [0.15, 0.2) is 0 Å². The number of rotatable bonds is 7. The molecule has 1 amide bonds. The summed E-state index contributed by atoms with van der Waals surface area (Å²) in [6, 6.07) is 0. The van der Waals surface area contributed by atoms with Gasteiger partial charge in [-0.25, -0.2) is 0 Å². The van der Waals surface area contributed by atoms with Crippen molar-refractivity contribution in [1.82, 2.24) is 10.2 Å². The van der Waals surface area contributed by atoms with Gasteiger partial charge in [0.25, 0.3) is 0 Å². The van der Waals surface area contributed by atoms with Crippen molar-refractivity contribution < 1.29 is 14.3 Å². The zero-order chi connectivity index (χ0) is 11.7. The van der Waals surface area contributed by atoms with Gasteiger partial charge in [0, 0.05) is 33.5 Å². The molecule has 0 rings (SSSR count). The zero-order valence-electron chi connectivity index (χ0n) is 9.71. The van der Waals surface area contributed by atoms with Gasteiger partial charge in [-0.3, -0.25) is 9.59 Å². The minimum atomic E-state index is -0.193. The van der Waals surface area contributed by atoms with E-state index in [9.17, 15) is 9.59 Å². The Morgan fingerprint density at radius 3 is 2.40 bits per heavy atom. The molecule has 0 bridgehead atoms. The van der Waals surface area contributed by atoms with Gasteiger partial charge >= 0.3 is 5.97 Å². The maximum Gasteiger partial charge on any atom is 0.305 e. The van der Waals surface area contributed by atoms with Gasteiger partial charge in [0.2, 0.25) is 5.91 Å². The maximum atomic E-state index is 11.1. The van der Waals surface area contributed by atoms with E-state index in [0.717, 1.165) is 13.0 Å². The number of methoxy groups -OCH3 is 1. The summed E-state index contributed by atoms with van der Waals surface area (Å²) in [6.45, 7) is 1.38. The number of nitrogens with zero attached hydrogens (tertiary/aromatic N) is 1. The van der Waals surface area contributed by atoms with E-state index in [1.807, 2.05) is 0 Å². The van der Waals surface area contributed by atoms with Crippen LogP contribution in [0.1, 0.15) is 19.3 Å². The predicted molar refractivity (Wildman–Crippen MR) is 57.4 cm³/mol. The van der Waals surface area contributed by atoms with Crippen LogP contribution in [0, 0.1) is 0 Å². The first-order valence-electron chi connectivity index (χ1n) is 5.05. The van der Waals surface area contributed by atoms with E-state index in [1.165, 1.54) is 7.11 Å². The number of nitrogens with one attached hydrogen (secondary N) is 1. The molecule has 0 aliphatic carbocycles. The maximum absolute atomic E-state index is 11.1. The number of hydrogen-bond acceptors (Lipinski definition) is 4. The Bertz CT molecular complexity index is 205. The fourth-order valence-electron chi connectivity index (χ4n) is 1.00. The Hall–Kier alpha value is -1.10. The van der Waals surface area contributed by atoms with Crippen LogP contribution >= 0.6 is 0 Å². The van der Waals surface area contributed by atoms with Gasteiger partial charge in [-0.15, -0.1) is 0 Å². The molecule has 5 heteroatoms. The molecule has 0 fully saturated rings. The standard InChI is InChI=1S/C10H20N2O3/c1-12(2)9(13)6-8-11-7-4-5-10(14)15-3/h11H,4-8H2,1-3H3. The molecule has 0 aromatic carbocycles. The van der Waals surface area contributed by atoms with Crippen LogP contribution in [-0.2, 0) is 14.3 Å². The van der Waals surface area contributed by atoms with Gasteiger partial charge in [0.15, 0.2) is 0 Å². The first-order chi connectivity index (χ1) is 7.07. The lowest BCUT2D eigenvalue weighted by atomic mass is 10.3. The number of amides is 1. The predicted octanol–water partition coefficient (Wildman–Crippen LogP) is 0.00750. The van der Waals surface area contributed by atoms with Gasteiger partial charge in [-0.05, 0) is 13.0 Å².